The van der Waals surface area contributed by atoms with Gasteiger partial charge in [-0.1, -0.05) is 32.1 Å². The number of hydrogen-bond donors (Lipinski definition) is 3. The van der Waals surface area contributed by atoms with E-state index in [-0.39, 0.29) is 36.3 Å². The maximum atomic E-state index is 12.7. The number of nitrogens with two attached hydrogens (primary N) is 1. The third-order valence-corrected chi connectivity index (χ3v) is 6.08. The molecule has 0 bridgehead atoms. The molecular weight excluding hydrogens is 446 g/mol. The van der Waals surface area contributed by atoms with E-state index in [1.807, 2.05) is 6.07 Å². The number of ether oxygens (including phenoxy) is 2. The minimum atomic E-state index is -0.295. The Morgan fingerprint density at radius 1 is 1.09 bits per heavy atom. The Morgan fingerprint density at radius 3 is 2.49 bits per heavy atom. The van der Waals surface area contributed by atoms with E-state index in [9.17, 15) is 14.4 Å². The summed E-state index contributed by atoms with van der Waals surface area (Å²) in [5.41, 5.74) is 6.21. The summed E-state index contributed by atoms with van der Waals surface area (Å²) in [6.07, 6.45) is 10.4. The first-order valence-electron chi connectivity index (χ1n) is 12.6. The highest BCUT2D eigenvalue weighted by Crippen LogP contribution is 2.31. The summed E-state index contributed by atoms with van der Waals surface area (Å²) in [6, 6.07) is 5.35. The molecule has 0 spiro atoms. The highest BCUT2D eigenvalue weighted by atomic mass is 16.6. The van der Waals surface area contributed by atoms with Crippen LogP contribution in [0.25, 0.3) is 0 Å². The van der Waals surface area contributed by atoms with Crippen LogP contribution in [0.4, 0.5) is 0 Å². The first-order chi connectivity index (χ1) is 16.8. The lowest BCUT2D eigenvalue weighted by Gasteiger charge is -2.27. The van der Waals surface area contributed by atoms with Crippen molar-refractivity contribution < 1.29 is 23.9 Å². The van der Waals surface area contributed by atoms with Gasteiger partial charge in [0.05, 0.1) is 19.6 Å². The van der Waals surface area contributed by atoms with E-state index in [0.717, 1.165) is 37.7 Å². The van der Waals surface area contributed by atoms with E-state index in [4.69, 9.17) is 15.2 Å². The maximum Gasteiger partial charge on any atom is 0.314 e. The first-order valence-corrected chi connectivity index (χ1v) is 12.6. The molecule has 8 nitrogen and oxygen atoms in total. The van der Waals surface area contributed by atoms with Crippen molar-refractivity contribution in [3.05, 3.63) is 35.9 Å². The Kier molecular flexibility index (Phi) is 12.3. The number of carbonyl (C=O) groups is 3. The third-order valence-electron chi connectivity index (χ3n) is 6.08. The SMILES string of the molecule is COc1cc(CNC(=O)CCCC/C=C/C(C)C)ccc1OC(=O)[C@H]1CC[C@H](NC(=O)CN)CC1. The largest absolute Gasteiger partial charge is 0.493 e. The Hall–Kier alpha value is -2.87. The molecule has 1 aromatic rings. The summed E-state index contributed by atoms with van der Waals surface area (Å²) in [4.78, 5) is 36.3. The van der Waals surface area contributed by atoms with Crippen molar-refractivity contribution in [3.63, 3.8) is 0 Å². The number of allylic oxidation sites excluding steroid dienone is 2. The average molecular weight is 488 g/mol. The van der Waals surface area contributed by atoms with Crippen LogP contribution in [0.5, 0.6) is 11.5 Å². The van der Waals surface area contributed by atoms with Gasteiger partial charge in [0.15, 0.2) is 11.5 Å². The summed E-state index contributed by atoms with van der Waals surface area (Å²) in [5.74, 6) is 0.702. The summed E-state index contributed by atoms with van der Waals surface area (Å²) in [6.45, 7) is 4.65. The zero-order chi connectivity index (χ0) is 25.6. The van der Waals surface area contributed by atoms with Crippen molar-refractivity contribution in [1.82, 2.24) is 10.6 Å². The van der Waals surface area contributed by atoms with Crippen LogP contribution in [0.1, 0.15) is 70.8 Å². The summed E-state index contributed by atoms with van der Waals surface area (Å²) in [7, 11) is 1.52. The van der Waals surface area contributed by atoms with Gasteiger partial charge in [-0.3, -0.25) is 14.4 Å². The number of carbonyl (C=O) groups excluding carboxylic acids is 3. The van der Waals surface area contributed by atoms with Gasteiger partial charge in [0, 0.05) is 19.0 Å². The molecule has 4 N–H and O–H groups in total. The highest BCUT2D eigenvalue weighted by molar-refractivity contribution is 5.78. The molecule has 2 rings (SSSR count). The predicted molar refractivity (Wildman–Crippen MR) is 136 cm³/mol. The van der Waals surface area contributed by atoms with Gasteiger partial charge in [-0.25, -0.2) is 0 Å². The standard InChI is InChI=1S/C27H41N3O5/c1-19(2)8-6-4-5-7-9-25(31)29-18-20-10-15-23(24(16-20)34-3)35-27(33)21-11-13-22(14-12-21)30-26(32)17-28/h6,8,10,15-16,19,21-22H,4-5,7,9,11-14,17-18,28H2,1-3H3,(H,29,31)(H,30,32)/b8-6+/t21-,22-. The minimum absolute atomic E-state index is 0.0190. The number of unbranched alkanes of at least 4 members (excludes halogenated alkanes) is 2. The second-order valence-electron chi connectivity index (χ2n) is 9.42. The normalized spacial score (nSPS) is 17.9. The minimum Gasteiger partial charge on any atom is -0.493 e. The summed E-state index contributed by atoms with van der Waals surface area (Å²) in [5, 5.41) is 5.81. The fourth-order valence-corrected chi connectivity index (χ4v) is 4.06. The molecule has 0 unspecified atom stereocenters. The van der Waals surface area contributed by atoms with Crippen molar-refractivity contribution in [3.8, 4) is 11.5 Å². The topological polar surface area (TPSA) is 120 Å². The zero-order valence-electron chi connectivity index (χ0n) is 21.3. The van der Waals surface area contributed by atoms with Crippen molar-refractivity contribution in [2.45, 2.75) is 77.8 Å². The lowest BCUT2D eigenvalue weighted by Crippen LogP contribution is -2.41. The van der Waals surface area contributed by atoms with Gasteiger partial charge in [-0.2, -0.15) is 0 Å². The second-order valence-corrected chi connectivity index (χ2v) is 9.42. The van der Waals surface area contributed by atoms with E-state index in [2.05, 4.69) is 36.6 Å². The monoisotopic (exact) mass is 487 g/mol. The van der Waals surface area contributed by atoms with Crippen molar-refractivity contribution in [2.24, 2.45) is 17.6 Å². The van der Waals surface area contributed by atoms with Crippen LogP contribution in [0.3, 0.4) is 0 Å². The second kappa shape index (κ2) is 15.2. The van der Waals surface area contributed by atoms with Crippen LogP contribution in [0.15, 0.2) is 30.4 Å². The van der Waals surface area contributed by atoms with Crippen LogP contribution in [0.2, 0.25) is 0 Å². The molecular formula is C27H41N3O5. The molecule has 1 saturated carbocycles. The van der Waals surface area contributed by atoms with Gasteiger partial charge in [0.25, 0.3) is 0 Å². The summed E-state index contributed by atoms with van der Waals surface area (Å²) < 4.78 is 11.0. The molecule has 0 heterocycles. The van der Waals surface area contributed by atoms with Crippen LogP contribution >= 0.6 is 0 Å². The van der Waals surface area contributed by atoms with Crippen LogP contribution in [-0.2, 0) is 20.9 Å². The van der Waals surface area contributed by atoms with Crippen molar-refractivity contribution in [2.75, 3.05) is 13.7 Å². The molecule has 8 heteroatoms. The molecule has 0 radical (unpaired) electrons. The molecule has 2 amide bonds. The van der Waals surface area contributed by atoms with E-state index in [1.165, 1.54) is 7.11 Å². The van der Waals surface area contributed by atoms with Gasteiger partial charge < -0.3 is 25.8 Å². The number of hydrogen-bond acceptors (Lipinski definition) is 6. The van der Waals surface area contributed by atoms with E-state index in [0.29, 0.717) is 43.2 Å². The predicted octanol–water partition coefficient (Wildman–Crippen LogP) is 3.62. The van der Waals surface area contributed by atoms with Crippen molar-refractivity contribution >= 4 is 17.8 Å². The molecule has 1 aromatic carbocycles. The zero-order valence-corrected chi connectivity index (χ0v) is 21.3. The lowest BCUT2D eigenvalue weighted by atomic mass is 9.86. The lowest BCUT2D eigenvalue weighted by molar-refractivity contribution is -0.140. The Balaban J connectivity index is 1.77. The molecule has 35 heavy (non-hydrogen) atoms. The van der Waals surface area contributed by atoms with Gasteiger partial charge in [-0.05, 0) is 68.6 Å². The molecule has 0 saturated heterocycles. The maximum absolute atomic E-state index is 12.7. The molecule has 0 aliphatic heterocycles. The molecule has 1 fully saturated rings. The Morgan fingerprint density at radius 2 is 1.83 bits per heavy atom. The molecule has 0 atom stereocenters. The van der Waals surface area contributed by atoms with Gasteiger partial charge in [-0.15, -0.1) is 0 Å². The van der Waals surface area contributed by atoms with Gasteiger partial charge in [0.2, 0.25) is 11.8 Å². The smallest absolute Gasteiger partial charge is 0.314 e. The fourth-order valence-electron chi connectivity index (χ4n) is 4.06. The van der Waals surface area contributed by atoms with E-state index < -0.39 is 0 Å². The molecule has 1 aliphatic carbocycles. The Labute approximate surface area is 209 Å². The van der Waals surface area contributed by atoms with Crippen LogP contribution in [0, 0.1) is 11.8 Å². The fraction of sp³-hybridized carbons (Fsp3) is 0.593. The number of esters is 1. The van der Waals surface area contributed by atoms with Gasteiger partial charge >= 0.3 is 5.97 Å². The van der Waals surface area contributed by atoms with Crippen molar-refractivity contribution in [1.29, 1.82) is 0 Å². The molecule has 0 aromatic heterocycles. The number of benzene rings is 1. The highest BCUT2D eigenvalue weighted by Gasteiger charge is 2.29. The number of nitrogens with one attached hydrogen (secondary N) is 2. The molecule has 1 aliphatic rings. The van der Waals surface area contributed by atoms with Gasteiger partial charge in [0.1, 0.15) is 0 Å². The quantitative estimate of drug-likeness (QED) is 0.169. The number of methoxy groups -OCH3 is 1. The van der Waals surface area contributed by atoms with Crippen LogP contribution < -0.4 is 25.8 Å². The Bertz CT molecular complexity index is 860. The number of amides is 2. The van der Waals surface area contributed by atoms with E-state index in [1.54, 1.807) is 12.1 Å². The average Bonchev–Trinajstić information content (AvgIpc) is 2.85. The van der Waals surface area contributed by atoms with E-state index >= 15 is 0 Å². The number of rotatable bonds is 13. The molecule has 194 valence electrons. The third kappa shape index (κ3) is 10.5. The summed E-state index contributed by atoms with van der Waals surface area (Å²) >= 11 is 0. The van der Waals surface area contributed by atoms with Crippen LogP contribution in [-0.4, -0.2) is 37.5 Å². The first kappa shape index (κ1) is 28.4.